The normalized spacial score (nSPS) is 42.7. The van der Waals surface area contributed by atoms with Crippen LogP contribution in [0.15, 0.2) is 18.2 Å². The topological polar surface area (TPSA) is 40.5 Å². The monoisotopic (exact) mass is 278 g/mol. The first kappa shape index (κ1) is 12.7. The Morgan fingerprint density at radius 2 is 2.00 bits per heavy atom. The van der Waals surface area contributed by atoms with Crippen LogP contribution in [0.4, 0.5) is 0 Å². The van der Waals surface area contributed by atoms with Gasteiger partial charge < -0.3 is 10.2 Å². The van der Waals surface area contributed by atoms with Crippen LogP contribution in [0.25, 0.3) is 0 Å². The summed E-state index contributed by atoms with van der Waals surface area (Å²) in [5, 5.41) is 20.0. The average molecular weight is 278 g/mol. The molecular formula is C18H24O2. The lowest BCUT2D eigenvalue weighted by atomic mass is 9.73. The second kappa shape index (κ2) is 4.24. The number of benzene rings is 1. The molecule has 2 N–H and O–H groups in total. The molecule has 3 aliphatic rings. The van der Waals surface area contributed by atoms with Crippen molar-refractivity contribution < 1.29 is 10.2 Å². The Morgan fingerprint density at radius 3 is 2.85 bits per heavy atom. The lowest BCUT2D eigenvalue weighted by molar-refractivity contribution is -0.0226. The summed E-state index contributed by atoms with van der Waals surface area (Å²) in [6.07, 6.45) is 6.78. The highest BCUT2D eigenvalue weighted by Gasteiger charge is 2.54. The minimum atomic E-state index is -0.0883. The highest BCUT2D eigenvalue weighted by atomic mass is 16.4. The van der Waals surface area contributed by atoms with Gasteiger partial charge in [-0.25, -0.2) is 0 Å². The minimum absolute atomic E-state index is 0.0883. The van der Waals surface area contributed by atoms with E-state index < -0.39 is 0 Å². The highest BCUT2D eigenvalue weighted by Crippen LogP contribution is 2.60. The molecule has 0 aromatic heterocycles. The van der Waals surface area contributed by atoms with Crippen molar-refractivity contribution in [1.82, 2.24) is 0 Å². The fourth-order valence-corrected chi connectivity index (χ4v) is 5.54. The number of phenols is 1. The third kappa shape index (κ3) is 1.60. The van der Waals surface area contributed by atoms with Crippen LogP contribution < -0.4 is 0 Å². The molecule has 20 heavy (non-hydrogen) atoms. The third-order valence-electron chi connectivity index (χ3n) is 6.66. The van der Waals surface area contributed by atoms with E-state index in [1.807, 2.05) is 12.1 Å². The molecule has 2 nitrogen and oxygen atoms in total. The molecule has 0 aliphatic heterocycles. The Bertz CT molecular complexity index is 538. The Balaban J connectivity index is 1.71. The Hall–Kier alpha value is -1.02. The van der Waals surface area contributed by atoms with E-state index in [1.54, 1.807) is 0 Å². The van der Waals surface area contributed by atoms with Crippen molar-refractivity contribution in [2.24, 2.45) is 17.3 Å². The van der Waals surface area contributed by atoms with E-state index in [1.165, 1.54) is 30.4 Å². The van der Waals surface area contributed by atoms with Gasteiger partial charge in [-0.3, -0.25) is 0 Å². The Labute approximate surface area is 120 Å². The summed E-state index contributed by atoms with van der Waals surface area (Å²) in [4.78, 5) is 0. The summed E-state index contributed by atoms with van der Waals surface area (Å²) in [6.45, 7) is 2.32. The molecular weight excluding hydrogens is 254 g/mol. The number of aliphatic hydroxyl groups is 1. The predicted octanol–water partition coefficient (Wildman–Crippen LogP) is 3.61. The average Bonchev–Trinajstić information content (AvgIpc) is 2.74. The van der Waals surface area contributed by atoms with Crippen molar-refractivity contribution in [3.8, 4) is 5.75 Å². The highest BCUT2D eigenvalue weighted by molar-refractivity contribution is 5.40. The van der Waals surface area contributed by atoms with Gasteiger partial charge in [0.15, 0.2) is 0 Å². The number of aryl methyl sites for hydroxylation is 1. The van der Waals surface area contributed by atoms with Gasteiger partial charge in [0.05, 0.1) is 6.10 Å². The van der Waals surface area contributed by atoms with E-state index in [0.717, 1.165) is 25.2 Å². The van der Waals surface area contributed by atoms with Crippen molar-refractivity contribution in [2.75, 3.05) is 0 Å². The summed E-state index contributed by atoms with van der Waals surface area (Å²) in [7, 11) is 0. The van der Waals surface area contributed by atoms with Gasteiger partial charge in [0.2, 0.25) is 0 Å². The van der Waals surface area contributed by atoms with E-state index in [2.05, 4.69) is 13.0 Å². The molecule has 3 aliphatic carbocycles. The number of hydrogen-bond acceptors (Lipinski definition) is 2. The third-order valence-corrected chi connectivity index (χ3v) is 6.66. The molecule has 2 heteroatoms. The Kier molecular flexibility index (Phi) is 2.69. The molecule has 1 aromatic rings. The minimum Gasteiger partial charge on any atom is -0.508 e. The molecule has 0 amide bonds. The largest absolute Gasteiger partial charge is 0.508 e. The van der Waals surface area contributed by atoms with Crippen LogP contribution in [-0.2, 0) is 6.42 Å². The van der Waals surface area contributed by atoms with Crippen LogP contribution in [0, 0.1) is 17.3 Å². The molecule has 1 aromatic carbocycles. The number of aliphatic hydroxyl groups excluding tert-OH is 1. The number of phenolic OH excluding ortho intramolecular Hbond substituents is 1. The van der Waals surface area contributed by atoms with Crippen LogP contribution in [-0.4, -0.2) is 16.3 Å². The first-order valence-electron chi connectivity index (χ1n) is 8.09. The summed E-state index contributed by atoms with van der Waals surface area (Å²) in [5.74, 6) is 2.49. The van der Waals surface area contributed by atoms with Gasteiger partial charge in [-0.05, 0) is 85.0 Å². The molecule has 0 saturated heterocycles. The van der Waals surface area contributed by atoms with Gasteiger partial charge in [-0.1, -0.05) is 13.0 Å². The predicted molar refractivity (Wildman–Crippen MR) is 78.7 cm³/mol. The molecule has 5 atom stereocenters. The van der Waals surface area contributed by atoms with Gasteiger partial charge in [0.25, 0.3) is 0 Å². The lowest BCUT2D eigenvalue weighted by Gasteiger charge is -2.50. The zero-order valence-corrected chi connectivity index (χ0v) is 12.2. The van der Waals surface area contributed by atoms with Crippen molar-refractivity contribution in [1.29, 1.82) is 0 Å². The van der Waals surface area contributed by atoms with Crippen molar-refractivity contribution in [2.45, 2.75) is 57.5 Å². The Morgan fingerprint density at radius 1 is 1.15 bits per heavy atom. The van der Waals surface area contributed by atoms with Gasteiger partial charge in [0.1, 0.15) is 5.75 Å². The van der Waals surface area contributed by atoms with Gasteiger partial charge in [0, 0.05) is 0 Å². The number of fused-ring (bicyclic) bond motifs is 5. The second-order valence-corrected chi connectivity index (χ2v) is 7.44. The smallest absolute Gasteiger partial charge is 0.115 e. The summed E-state index contributed by atoms with van der Waals surface area (Å²) in [6, 6.07) is 5.96. The molecule has 2 saturated carbocycles. The summed E-state index contributed by atoms with van der Waals surface area (Å²) >= 11 is 0. The van der Waals surface area contributed by atoms with Crippen LogP contribution >= 0.6 is 0 Å². The quantitative estimate of drug-likeness (QED) is 0.712. The summed E-state index contributed by atoms with van der Waals surface area (Å²) in [5.41, 5.74) is 2.99. The number of aromatic hydroxyl groups is 1. The van der Waals surface area contributed by atoms with Crippen LogP contribution in [0.1, 0.15) is 56.1 Å². The molecule has 0 heterocycles. The fraction of sp³-hybridized carbons (Fsp3) is 0.667. The van der Waals surface area contributed by atoms with E-state index in [9.17, 15) is 10.2 Å². The number of hydrogen-bond donors (Lipinski definition) is 2. The van der Waals surface area contributed by atoms with Crippen molar-refractivity contribution in [3.05, 3.63) is 29.3 Å². The molecule has 0 bridgehead atoms. The lowest BCUT2D eigenvalue weighted by Crippen LogP contribution is -2.43. The zero-order valence-electron chi connectivity index (χ0n) is 12.2. The van der Waals surface area contributed by atoms with Crippen LogP contribution in [0.3, 0.4) is 0 Å². The van der Waals surface area contributed by atoms with E-state index in [0.29, 0.717) is 17.6 Å². The zero-order chi connectivity index (χ0) is 13.9. The van der Waals surface area contributed by atoms with Crippen molar-refractivity contribution >= 4 is 0 Å². The SMILES string of the molecule is [13CH3][13C@]12CC[C@@H]3c4ccc(O)cc4CC[C@H]3[13C@@H]1[13CH2][13CH2][13CH]2O. The maximum atomic E-state index is 10.4. The van der Waals surface area contributed by atoms with E-state index >= 15 is 0 Å². The molecule has 0 spiro atoms. The summed E-state index contributed by atoms with van der Waals surface area (Å²) < 4.78 is 0. The molecule has 1 unspecified atom stereocenters. The van der Waals surface area contributed by atoms with Crippen LogP contribution in [0.5, 0.6) is 5.75 Å². The van der Waals surface area contributed by atoms with E-state index in [-0.39, 0.29) is 11.5 Å². The van der Waals surface area contributed by atoms with Gasteiger partial charge >= 0.3 is 0 Å². The standard InChI is InChI=1S/C18H24O2/c1-18-9-8-14-13-5-3-12(19)10-11(13)2-4-15(14)16(18)6-7-17(18)20/h3,5,10,14-17,19-20H,2,4,6-9H2,1H3/t14-,15-,16+,17?,18+/m1/s1/i1+1,6+1,7+1,16+1,17+1,18+1. The van der Waals surface area contributed by atoms with Crippen LogP contribution in [0.2, 0.25) is 0 Å². The molecule has 2 fully saturated rings. The molecule has 4 rings (SSSR count). The van der Waals surface area contributed by atoms with E-state index in [4.69, 9.17) is 0 Å². The van der Waals surface area contributed by atoms with Crippen molar-refractivity contribution in [3.63, 3.8) is 0 Å². The molecule has 108 valence electrons. The maximum absolute atomic E-state index is 10.4. The first-order valence-corrected chi connectivity index (χ1v) is 8.09. The van der Waals surface area contributed by atoms with Gasteiger partial charge in [-0.15, -0.1) is 0 Å². The second-order valence-electron chi connectivity index (χ2n) is 7.44. The van der Waals surface area contributed by atoms with Gasteiger partial charge in [-0.2, -0.15) is 0 Å². The maximum Gasteiger partial charge on any atom is 0.115 e. The fourth-order valence-electron chi connectivity index (χ4n) is 5.54. The number of rotatable bonds is 0. The molecule has 0 radical (unpaired) electrons. The first-order chi connectivity index (χ1) is 9.59.